The van der Waals surface area contributed by atoms with Crippen molar-refractivity contribution in [2.45, 2.75) is 6.54 Å². The number of carbonyl (C=O) groups is 1. The lowest BCUT2D eigenvalue weighted by atomic mass is 10.2. The predicted molar refractivity (Wildman–Crippen MR) is 112 cm³/mol. The zero-order valence-electron chi connectivity index (χ0n) is 13.6. The Morgan fingerprint density at radius 1 is 1.15 bits per heavy atom. The van der Waals surface area contributed by atoms with Crippen LogP contribution in [0.15, 0.2) is 62.5 Å². The molecule has 27 heavy (non-hydrogen) atoms. The Labute approximate surface area is 174 Å². The molecule has 0 bridgehead atoms. The Hall–Kier alpha value is -1.99. The third-order valence-electron chi connectivity index (χ3n) is 3.87. The number of carbonyl (C=O) groups excluding carboxylic acids is 1. The predicted octanol–water partition coefficient (Wildman–Crippen LogP) is 6.25. The normalized spacial score (nSPS) is 15.9. The molecular weight excluding hydrogens is 425 g/mol. The van der Waals surface area contributed by atoms with Crippen LogP contribution in [0.3, 0.4) is 0 Å². The SMILES string of the molecule is O=C1C(=Cc2ccc(-c3ccc(Cl)c(Cl)c3)o2)SC(=S)N1Cc1ccco1. The first-order valence-electron chi connectivity index (χ1n) is 7.84. The maximum absolute atomic E-state index is 12.6. The summed E-state index contributed by atoms with van der Waals surface area (Å²) in [4.78, 5) is 14.6. The first kappa shape index (κ1) is 18.4. The molecule has 1 aromatic carbocycles. The van der Waals surface area contributed by atoms with Gasteiger partial charge in [-0.15, -0.1) is 0 Å². The molecule has 4 nitrogen and oxygen atoms in total. The second kappa shape index (κ2) is 7.56. The number of thiocarbonyl (C=S) groups is 1. The number of halogens is 2. The minimum absolute atomic E-state index is 0.172. The van der Waals surface area contributed by atoms with Gasteiger partial charge in [0.15, 0.2) is 0 Å². The average Bonchev–Trinajstić information content (AvgIpc) is 3.37. The third-order valence-corrected chi connectivity index (χ3v) is 5.99. The van der Waals surface area contributed by atoms with Crippen LogP contribution in [0.2, 0.25) is 10.0 Å². The molecule has 2 aromatic heterocycles. The lowest BCUT2D eigenvalue weighted by Gasteiger charge is -2.11. The van der Waals surface area contributed by atoms with Crippen molar-refractivity contribution in [1.82, 2.24) is 4.90 Å². The summed E-state index contributed by atoms with van der Waals surface area (Å²) in [5.74, 6) is 1.68. The first-order chi connectivity index (χ1) is 13.0. The minimum Gasteiger partial charge on any atom is -0.467 e. The molecule has 0 aliphatic carbocycles. The van der Waals surface area contributed by atoms with E-state index in [1.54, 1.807) is 42.7 Å². The fourth-order valence-corrected chi connectivity index (χ4v) is 4.09. The van der Waals surface area contributed by atoms with Crippen molar-refractivity contribution < 1.29 is 13.6 Å². The van der Waals surface area contributed by atoms with Crippen molar-refractivity contribution in [3.63, 3.8) is 0 Å². The Morgan fingerprint density at radius 3 is 2.74 bits per heavy atom. The van der Waals surface area contributed by atoms with Crippen LogP contribution in [0.4, 0.5) is 0 Å². The highest BCUT2D eigenvalue weighted by molar-refractivity contribution is 8.26. The summed E-state index contributed by atoms with van der Waals surface area (Å²) in [6.07, 6.45) is 3.25. The van der Waals surface area contributed by atoms with Gasteiger partial charge in [-0.25, -0.2) is 0 Å². The molecule has 1 saturated heterocycles. The van der Waals surface area contributed by atoms with Crippen molar-refractivity contribution in [3.8, 4) is 11.3 Å². The van der Waals surface area contributed by atoms with E-state index in [1.807, 2.05) is 12.1 Å². The Morgan fingerprint density at radius 2 is 2.00 bits per heavy atom. The summed E-state index contributed by atoms with van der Waals surface area (Å²) >= 11 is 18.6. The number of hydrogen-bond acceptors (Lipinski definition) is 5. The van der Waals surface area contributed by atoms with Gasteiger partial charge in [-0.3, -0.25) is 9.69 Å². The van der Waals surface area contributed by atoms with Crippen molar-refractivity contribution in [1.29, 1.82) is 0 Å². The molecular formula is C19H11Cl2NO3S2. The van der Waals surface area contributed by atoms with Gasteiger partial charge in [0.1, 0.15) is 21.6 Å². The second-order valence-electron chi connectivity index (χ2n) is 5.68. The van der Waals surface area contributed by atoms with Gasteiger partial charge < -0.3 is 8.83 Å². The average molecular weight is 436 g/mol. The van der Waals surface area contributed by atoms with Crippen LogP contribution in [-0.2, 0) is 11.3 Å². The molecule has 1 amide bonds. The molecule has 0 N–H and O–H groups in total. The molecule has 3 heterocycles. The molecule has 0 spiro atoms. The Balaban J connectivity index is 1.55. The van der Waals surface area contributed by atoms with E-state index in [0.717, 1.165) is 5.56 Å². The summed E-state index contributed by atoms with van der Waals surface area (Å²) in [5, 5.41) is 0.929. The van der Waals surface area contributed by atoms with Crippen LogP contribution in [0.1, 0.15) is 11.5 Å². The minimum atomic E-state index is -0.172. The molecule has 0 saturated carbocycles. The standard InChI is InChI=1S/C19H11Cl2NO3S2/c20-14-5-3-11(8-15(14)21)16-6-4-12(25-16)9-17-18(23)22(19(26)27-17)10-13-2-1-7-24-13/h1-9H,10H2. The highest BCUT2D eigenvalue weighted by Crippen LogP contribution is 2.35. The van der Waals surface area contributed by atoms with Gasteiger partial charge in [0, 0.05) is 11.6 Å². The first-order valence-corrected chi connectivity index (χ1v) is 9.82. The van der Waals surface area contributed by atoms with Gasteiger partial charge in [0.25, 0.3) is 5.91 Å². The van der Waals surface area contributed by atoms with Crippen LogP contribution in [0.5, 0.6) is 0 Å². The maximum Gasteiger partial charge on any atom is 0.266 e. The van der Waals surface area contributed by atoms with Crippen LogP contribution >= 0.6 is 47.2 Å². The third kappa shape index (κ3) is 3.84. The van der Waals surface area contributed by atoms with Crippen molar-refractivity contribution in [2.24, 2.45) is 0 Å². The van der Waals surface area contributed by atoms with E-state index in [2.05, 4.69) is 0 Å². The van der Waals surface area contributed by atoms with Gasteiger partial charge in [0.2, 0.25) is 0 Å². The summed E-state index contributed by atoms with van der Waals surface area (Å²) in [7, 11) is 0. The Bertz CT molecular complexity index is 1060. The van der Waals surface area contributed by atoms with E-state index in [1.165, 1.54) is 16.7 Å². The molecule has 8 heteroatoms. The summed E-state index contributed by atoms with van der Waals surface area (Å²) in [5.41, 5.74) is 0.800. The molecule has 3 aromatic rings. The molecule has 0 atom stereocenters. The van der Waals surface area contributed by atoms with Gasteiger partial charge >= 0.3 is 0 Å². The van der Waals surface area contributed by atoms with Gasteiger partial charge in [-0.1, -0.05) is 47.2 Å². The van der Waals surface area contributed by atoms with Crippen LogP contribution in [0.25, 0.3) is 17.4 Å². The van der Waals surface area contributed by atoms with Crippen molar-refractivity contribution in [3.05, 3.63) is 75.2 Å². The highest BCUT2D eigenvalue weighted by Gasteiger charge is 2.32. The fraction of sp³-hybridized carbons (Fsp3) is 0.0526. The van der Waals surface area contributed by atoms with E-state index in [4.69, 9.17) is 44.3 Å². The van der Waals surface area contributed by atoms with E-state index in [9.17, 15) is 4.79 Å². The van der Waals surface area contributed by atoms with Gasteiger partial charge in [-0.2, -0.15) is 0 Å². The molecule has 0 radical (unpaired) electrons. The van der Waals surface area contributed by atoms with E-state index in [-0.39, 0.29) is 5.91 Å². The quantitative estimate of drug-likeness (QED) is 0.358. The molecule has 0 unspecified atom stereocenters. The topological polar surface area (TPSA) is 46.6 Å². The molecule has 1 aliphatic heterocycles. The van der Waals surface area contributed by atoms with Gasteiger partial charge in [0.05, 0.1) is 27.8 Å². The zero-order chi connectivity index (χ0) is 19.0. The number of rotatable bonds is 4. The number of benzene rings is 1. The lowest BCUT2D eigenvalue weighted by Crippen LogP contribution is -2.27. The number of hydrogen-bond donors (Lipinski definition) is 0. The highest BCUT2D eigenvalue weighted by atomic mass is 35.5. The molecule has 136 valence electrons. The summed E-state index contributed by atoms with van der Waals surface area (Å²) in [6, 6.07) is 12.4. The number of furan rings is 2. The van der Waals surface area contributed by atoms with Crippen LogP contribution in [-0.4, -0.2) is 15.1 Å². The lowest BCUT2D eigenvalue weighted by molar-refractivity contribution is -0.122. The Kier molecular flexibility index (Phi) is 5.14. The van der Waals surface area contributed by atoms with Crippen molar-refractivity contribution >= 4 is 63.5 Å². The van der Waals surface area contributed by atoms with Crippen molar-refractivity contribution in [2.75, 3.05) is 0 Å². The largest absolute Gasteiger partial charge is 0.467 e. The summed E-state index contributed by atoms with van der Waals surface area (Å²) in [6.45, 7) is 0.307. The molecule has 1 fully saturated rings. The second-order valence-corrected chi connectivity index (χ2v) is 8.17. The number of nitrogens with zero attached hydrogens (tertiary/aromatic N) is 1. The number of amides is 1. The number of thioether (sulfide) groups is 1. The summed E-state index contributed by atoms with van der Waals surface area (Å²) < 4.78 is 11.6. The monoisotopic (exact) mass is 435 g/mol. The maximum atomic E-state index is 12.6. The van der Waals surface area contributed by atoms with Crippen LogP contribution in [0, 0.1) is 0 Å². The fourth-order valence-electron chi connectivity index (χ4n) is 2.56. The van der Waals surface area contributed by atoms with E-state index >= 15 is 0 Å². The van der Waals surface area contributed by atoms with Crippen LogP contribution < -0.4 is 0 Å². The zero-order valence-corrected chi connectivity index (χ0v) is 16.8. The van der Waals surface area contributed by atoms with E-state index in [0.29, 0.717) is 43.1 Å². The van der Waals surface area contributed by atoms with E-state index < -0.39 is 0 Å². The van der Waals surface area contributed by atoms with Gasteiger partial charge in [-0.05, 0) is 42.5 Å². The smallest absolute Gasteiger partial charge is 0.266 e. The molecule has 4 rings (SSSR count). The molecule has 1 aliphatic rings.